The van der Waals surface area contributed by atoms with E-state index in [0.717, 1.165) is 62.7 Å². The zero-order chi connectivity index (χ0) is 28.7. The second-order valence-corrected chi connectivity index (χ2v) is 16.3. The molecule has 0 amide bonds. The van der Waals surface area contributed by atoms with Crippen LogP contribution in [0.5, 0.6) is 0 Å². The number of hydrogen-bond donors (Lipinski definition) is 1. The van der Waals surface area contributed by atoms with Crippen molar-refractivity contribution in [1.82, 2.24) is 4.90 Å². The molecule has 0 aromatic rings. The second kappa shape index (κ2) is 10.5. The van der Waals surface area contributed by atoms with Gasteiger partial charge in [0, 0.05) is 37.1 Å². The lowest BCUT2D eigenvalue weighted by Crippen LogP contribution is -2.64. The van der Waals surface area contributed by atoms with Crippen LogP contribution in [0.1, 0.15) is 91.4 Å². The topological polar surface area (TPSA) is 60.4 Å². The van der Waals surface area contributed by atoms with Crippen LogP contribution in [0.15, 0.2) is 11.6 Å². The van der Waals surface area contributed by atoms with Crippen molar-refractivity contribution in [3.05, 3.63) is 11.6 Å². The number of hydrogen-bond acceptors (Lipinski definition) is 6. The van der Waals surface area contributed by atoms with Crippen molar-refractivity contribution in [3.63, 3.8) is 0 Å². The Hall–Kier alpha value is -0.500. The van der Waals surface area contributed by atoms with E-state index >= 15 is 0 Å². The summed E-state index contributed by atoms with van der Waals surface area (Å²) in [6.07, 6.45) is 16.6. The molecule has 6 heteroatoms. The fourth-order valence-corrected chi connectivity index (χ4v) is 13.0. The minimum absolute atomic E-state index is 0.111. The third kappa shape index (κ3) is 3.97. The van der Waals surface area contributed by atoms with Gasteiger partial charge in [0.25, 0.3) is 0 Å². The molecule has 2 aliphatic heterocycles. The highest BCUT2D eigenvalue weighted by Gasteiger charge is 2.91. The van der Waals surface area contributed by atoms with Gasteiger partial charge in [0.2, 0.25) is 0 Å². The van der Waals surface area contributed by atoms with Crippen LogP contribution in [0.4, 0.5) is 0 Å². The van der Waals surface area contributed by atoms with Gasteiger partial charge < -0.3 is 24.1 Å². The monoisotopic (exact) mass is 583 g/mol. The van der Waals surface area contributed by atoms with Gasteiger partial charge in [-0.15, -0.1) is 0 Å². The first-order chi connectivity index (χ1) is 20.4. The predicted molar refractivity (Wildman–Crippen MR) is 162 cm³/mol. The van der Waals surface area contributed by atoms with E-state index in [1.807, 2.05) is 0 Å². The fraction of sp³-hybridized carbons (Fsp3) is 0.944. The Morgan fingerprint density at radius 2 is 1.76 bits per heavy atom. The highest BCUT2D eigenvalue weighted by molar-refractivity contribution is 5.42. The molecule has 236 valence electrons. The van der Waals surface area contributed by atoms with E-state index in [4.69, 9.17) is 18.9 Å². The third-order valence-corrected chi connectivity index (χ3v) is 14.6. The van der Waals surface area contributed by atoms with Gasteiger partial charge in [-0.05, 0) is 105 Å². The lowest BCUT2D eigenvalue weighted by molar-refractivity contribution is -0.211. The molecule has 8 aliphatic rings. The molecule has 2 unspecified atom stereocenters. The number of aliphatic hydroxyl groups is 1. The van der Waals surface area contributed by atoms with Crippen LogP contribution in [0, 0.1) is 45.8 Å². The molecule has 1 N–H and O–H groups in total. The zero-order valence-electron chi connectivity index (χ0n) is 26.7. The molecule has 2 heterocycles. The van der Waals surface area contributed by atoms with Crippen molar-refractivity contribution in [1.29, 1.82) is 0 Å². The van der Waals surface area contributed by atoms with E-state index in [0.29, 0.717) is 60.7 Å². The molecule has 2 saturated heterocycles. The van der Waals surface area contributed by atoms with Crippen LogP contribution in [-0.2, 0) is 18.9 Å². The number of likely N-dealkylation sites (tertiary alicyclic amines) is 1. The van der Waals surface area contributed by atoms with E-state index in [2.05, 4.69) is 31.7 Å². The molecule has 12 atom stereocenters. The zero-order valence-corrected chi connectivity index (χ0v) is 26.7. The van der Waals surface area contributed by atoms with Gasteiger partial charge in [0.1, 0.15) is 0 Å². The molecule has 0 aromatic carbocycles. The molecule has 0 aromatic heterocycles. The Morgan fingerprint density at radius 3 is 2.57 bits per heavy atom. The summed E-state index contributed by atoms with van der Waals surface area (Å²) in [5.41, 5.74) is 3.11. The van der Waals surface area contributed by atoms with E-state index < -0.39 is 0 Å². The SMILES string of the molecule is CCCOCCOCCOCCN1C[C@@H](C)C[C@H]2O[C@@]34CC[C@H]5[C@@H]6CC=C7C[C@@H](O)CC[C@]7(C)[C@H]6CC56CC63C[C@@H]4[C@@H]21. The Labute approximate surface area is 254 Å². The number of aliphatic hydroxyl groups excluding tert-OH is 1. The van der Waals surface area contributed by atoms with Crippen molar-refractivity contribution in [2.75, 3.05) is 52.7 Å². The summed E-state index contributed by atoms with van der Waals surface area (Å²) in [6.45, 7) is 13.6. The first-order valence-corrected chi connectivity index (χ1v) is 17.9. The number of rotatable bonds is 11. The van der Waals surface area contributed by atoms with Crippen LogP contribution in [0.25, 0.3) is 0 Å². The lowest BCUT2D eigenvalue weighted by atomic mass is 9.47. The first kappa shape index (κ1) is 28.9. The van der Waals surface area contributed by atoms with E-state index in [1.165, 1.54) is 57.9 Å². The van der Waals surface area contributed by atoms with E-state index in [-0.39, 0.29) is 11.7 Å². The Bertz CT molecular complexity index is 1070. The molecule has 3 spiro atoms. The number of piperidine rings is 1. The Kier molecular flexibility index (Phi) is 7.25. The Balaban J connectivity index is 0.912. The number of ether oxygens (including phenoxy) is 4. The number of nitrogens with zero attached hydrogens (tertiary/aromatic N) is 1. The van der Waals surface area contributed by atoms with Gasteiger partial charge in [-0.3, -0.25) is 4.90 Å². The summed E-state index contributed by atoms with van der Waals surface area (Å²) in [5.74, 6) is 4.01. The molecule has 5 saturated carbocycles. The van der Waals surface area contributed by atoms with Gasteiger partial charge in [-0.1, -0.05) is 32.4 Å². The van der Waals surface area contributed by atoms with Crippen molar-refractivity contribution < 1.29 is 24.1 Å². The average Bonchev–Trinajstić information content (AvgIpc) is 3.45. The standard InChI is InChI=1S/C36H57NO5/c1-4-12-39-14-16-41-17-15-40-13-11-37-22-24(2)18-31-32(37)30-21-35-23-34(35)20-29-27(28(34)8-10-36(30,35)42-31)6-5-25-19-26(38)7-9-33(25,29)3/h5,24,26-32,38H,4,6-23H2,1-3H3/t24-,26-,27-,28-,29-,30+,31+,32-,33-,34?,35?,36+/m0/s1. The minimum Gasteiger partial charge on any atom is -0.393 e. The van der Waals surface area contributed by atoms with Crippen molar-refractivity contribution in [2.24, 2.45) is 45.8 Å². The van der Waals surface area contributed by atoms with Crippen LogP contribution in [-0.4, -0.2) is 86.6 Å². The largest absolute Gasteiger partial charge is 0.393 e. The van der Waals surface area contributed by atoms with Crippen LogP contribution >= 0.6 is 0 Å². The van der Waals surface area contributed by atoms with Crippen LogP contribution in [0.2, 0.25) is 0 Å². The average molecular weight is 584 g/mol. The molecular weight excluding hydrogens is 526 g/mol. The van der Waals surface area contributed by atoms with Gasteiger partial charge in [0.05, 0.1) is 50.8 Å². The van der Waals surface area contributed by atoms with Crippen molar-refractivity contribution in [2.45, 2.75) is 115 Å². The summed E-state index contributed by atoms with van der Waals surface area (Å²) in [7, 11) is 0. The number of fused-ring (bicyclic) bond motifs is 6. The third-order valence-electron chi connectivity index (χ3n) is 14.6. The van der Waals surface area contributed by atoms with Crippen molar-refractivity contribution in [3.8, 4) is 0 Å². The first-order valence-electron chi connectivity index (χ1n) is 17.9. The summed E-state index contributed by atoms with van der Waals surface area (Å²) >= 11 is 0. The summed E-state index contributed by atoms with van der Waals surface area (Å²) < 4.78 is 24.7. The van der Waals surface area contributed by atoms with E-state index in [9.17, 15) is 5.11 Å². The lowest BCUT2D eigenvalue weighted by Gasteiger charge is -2.60. The molecule has 8 rings (SSSR count). The van der Waals surface area contributed by atoms with Crippen LogP contribution < -0.4 is 0 Å². The van der Waals surface area contributed by atoms with Gasteiger partial charge in [-0.2, -0.15) is 0 Å². The highest BCUT2D eigenvalue weighted by Crippen LogP contribution is 2.93. The molecule has 6 aliphatic carbocycles. The van der Waals surface area contributed by atoms with Gasteiger partial charge >= 0.3 is 0 Å². The maximum absolute atomic E-state index is 10.5. The van der Waals surface area contributed by atoms with E-state index in [1.54, 1.807) is 5.57 Å². The fourth-order valence-electron chi connectivity index (χ4n) is 13.0. The molecule has 42 heavy (non-hydrogen) atoms. The van der Waals surface area contributed by atoms with Crippen LogP contribution in [0.3, 0.4) is 0 Å². The molecule has 0 bridgehead atoms. The molecule has 0 radical (unpaired) electrons. The Morgan fingerprint density at radius 1 is 0.976 bits per heavy atom. The quantitative estimate of drug-likeness (QED) is 0.252. The summed E-state index contributed by atoms with van der Waals surface area (Å²) in [4.78, 5) is 2.78. The highest BCUT2D eigenvalue weighted by atomic mass is 16.5. The maximum atomic E-state index is 10.5. The maximum Gasteiger partial charge on any atom is 0.0793 e. The molecule has 7 fully saturated rings. The smallest absolute Gasteiger partial charge is 0.0793 e. The molecule has 6 nitrogen and oxygen atoms in total. The summed E-state index contributed by atoms with van der Waals surface area (Å²) in [6, 6.07) is 0.589. The van der Waals surface area contributed by atoms with Gasteiger partial charge in [0.15, 0.2) is 0 Å². The van der Waals surface area contributed by atoms with Gasteiger partial charge in [-0.25, -0.2) is 0 Å². The number of allylic oxidation sites excluding steroid dienone is 1. The molecular formula is C36H57NO5. The second-order valence-electron chi connectivity index (χ2n) is 16.3. The predicted octanol–water partition coefficient (Wildman–Crippen LogP) is 5.62. The minimum atomic E-state index is -0.111. The van der Waals surface area contributed by atoms with Crippen molar-refractivity contribution >= 4 is 0 Å². The summed E-state index contributed by atoms with van der Waals surface area (Å²) in [5, 5.41) is 10.5. The normalized spacial score (nSPS) is 51.7.